The molecule has 7 nitrogen and oxygen atoms in total. The van der Waals surface area contributed by atoms with Gasteiger partial charge in [-0.3, -0.25) is 9.59 Å². The number of nitrogens with one attached hydrogen (secondary N) is 1. The van der Waals surface area contributed by atoms with E-state index in [0.717, 1.165) is 50.5 Å². The molecule has 0 aromatic heterocycles. The molecule has 1 amide bonds. The van der Waals surface area contributed by atoms with E-state index in [4.69, 9.17) is 0 Å². The van der Waals surface area contributed by atoms with E-state index < -0.39 is 17.4 Å². The molecule has 6 rings (SSSR count). The highest BCUT2D eigenvalue weighted by molar-refractivity contribution is 5.96. The summed E-state index contributed by atoms with van der Waals surface area (Å²) < 4.78 is 0. The molecular weight excluding hydrogens is 578 g/mol. The van der Waals surface area contributed by atoms with E-state index in [9.17, 15) is 29.7 Å². The van der Waals surface area contributed by atoms with Gasteiger partial charge in [0.2, 0.25) is 5.91 Å². The summed E-state index contributed by atoms with van der Waals surface area (Å²) in [7, 11) is 0. The summed E-state index contributed by atoms with van der Waals surface area (Å²) in [6, 6.07) is 5.32. The number of benzene rings is 1. The number of rotatable bonds is 5. The molecule has 252 valence electrons. The third-order valence-electron chi connectivity index (χ3n) is 15.1. The van der Waals surface area contributed by atoms with Crippen LogP contribution in [0.2, 0.25) is 0 Å². The van der Waals surface area contributed by atoms with Crippen LogP contribution in [0, 0.1) is 50.2 Å². The number of hydrogen-bond donors (Lipinski definition) is 4. The summed E-state index contributed by atoms with van der Waals surface area (Å²) >= 11 is 0. The van der Waals surface area contributed by atoms with Crippen molar-refractivity contribution in [3.8, 4) is 5.75 Å². The summed E-state index contributed by atoms with van der Waals surface area (Å²) in [5, 5.41) is 33.5. The Balaban J connectivity index is 1.31. The van der Waals surface area contributed by atoms with E-state index in [1.807, 2.05) is 13.0 Å². The molecule has 0 heterocycles. The molecular formula is C39H55NO6. The molecule has 5 aliphatic carbocycles. The number of aliphatic hydroxyl groups excluding tert-OH is 1. The first-order valence-electron chi connectivity index (χ1n) is 17.6. The molecule has 7 heteroatoms. The van der Waals surface area contributed by atoms with Crippen LogP contribution in [0.3, 0.4) is 0 Å². The molecule has 46 heavy (non-hydrogen) atoms. The number of aromatic hydroxyl groups is 1. The molecule has 0 unspecified atom stereocenters. The van der Waals surface area contributed by atoms with Crippen LogP contribution in [0.5, 0.6) is 5.75 Å². The molecule has 4 saturated carbocycles. The van der Waals surface area contributed by atoms with Crippen molar-refractivity contribution in [1.29, 1.82) is 0 Å². The fourth-order valence-corrected chi connectivity index (χ4v) is 11.8. The zero-order valence-corrected chi connectivity index (χ0v) is 28.9. The molecule has 4 N–H and O–H groups in total. The highest BCUT2D eigenvalue weighted by Crippen LogP contribution is 2.75. The molecule has 0 bridgehead atoms. The van der Waals surface area contributed by atoms with E-state index in [2.05, 4.69) is 46.9 Å². The second-order valence-electron chi connectivity index (χ2n) is 17.9. The molecule has 1 aromatic carbocycles. The first-order valence-corrected chi connectivity index (χ1v) is 17.6. The van der Waals surface area contributed by atoms with Crippen LogP contribution in [0.25, 0.3) is 0 Å². The summed E-state index contributed by atoms with van der Waals surface area (Å²) in [4.78, 5) is 40.9. The van der Waals surface area contributed by atoms with Gasteiger partial charge in [0.1, 0.15) is 11.8 Å². The molecule has 4 fully saturated rings. The Bertz CT molecular complexity index is 1460. The Morgan fingerprint density at radius 2 is 1.57 bits per heavy atom. The Morgan fingerprint density at radius 1 is 0.913 bits per heavy atom. The fourth-order valence-electron chi connectivity index (χ4n) is 11.8. The Kier molecular flexibility index (Phi) is 7.71. The molecule has 0 aliphatic heterocycles. The number of carboxylic acids is 1. The van der Waals surface area contributed by atoms with E-state index in [1.54, 1.807) is 12.1 Å². The maximum Gasteiger partial charge on any atom is 0.326 e. The number of aliphatic hydroxyl groups is 1. The van der Waals surface area contributed by atoms with Gasteiger partial charge in [0.15, 0.2) is 5.78 Å². The Morgan fingerprint density at radius 3 is 2.22 bits per heavy atom. The highest BCUT2D eigenvalue weighted by atomic mass is 16.4. The van der Waals surface area contributed by atoms with Gasteiger partial charge in [-0.25, -0.2) is 4.79 Å². The lowest BCUT2D eigenvalue weighted by molar-refractivity contribution is -0.202. The zero-order chi connectivity index (χ0) is 33.7. The standard InChI is InChI=1S/C39H55NO6/c1-34(2)29-12-15-39(7)31(37(29,5)14-13-30(34)43)28(42)21-25-26-22-36(4,17-16-35(26,3)18-19-38(25,39)6)33(46)40-27(32(44)45)20-23-8-10-24(41)11-9-23/h8-11,21,26-27,29-31,41,43H,12-20,22H2,1-7H3,(H,40,46)(H,44,45)/t26-,27-,29-,30-,31+,35+,36-,37-,38+,39+/m0/s1. The van der Waals surface area contributed by atoms with Crippen molar-refractivity contribution < 1.29 is 29.7 Å². The summed E-state index contributed by atoms with van der Waals surface area (Å²) in [5.41, 5.74) is 0.352. The topological polar surface area (TPSA) is 124 Å². The van der Waals surface area contributed by atoms with Gasteiger partial charge in [-0.05, 0) is 120 Å². The number of carboxylic acid groups (broad SMARTS) is 1. The van der Waals surface area contributed by atoms with Crippen molar-refractivity contribution in [3.05, 3.63) is 41.5 Å². The van der Waals surface area contributed by atoms with Crippen LogP contribution in [-0.2, 0) is 20.8 Å². The molecule has 0 radical (unpaired) electrons. The number of ketones is 1. The normalized spacial score (nSPS) is 43.6. The van der Waals surface area contributed by atoms with Gasteiger partial charge in [0.05, 0.1) is 6.10 Å². The van der Waals surface area contributed by atoms with Gasteiger partial charge in [-0.15, -0.1) is 0 Å². The summed E-state index contributed by atoms with van der Waals surface area (Å²) in [5.74, 6) is -0.741. The number of allylic oxidation sites excluding steroid dienone is 2. The second kappa shape index (κ2) is 10.7. The third-order valence-corrected chi connectivity index (χ3v) is 15.1. The van der Waals surface area contributed by atoms with Gasteiger partial charge >= 0.3 is 5.97 Å². The van der Waals surface area contributed by atoms with Crippen molar-refractivity contribution in [1.82, 2.24) is 5.32 Å². The number of carbonyl (C=O) groups is 3. The van der Waals surface area contributed by atoms with Gasteiger partial charge in [-0.1, -0.05) is 66.2 Å². The number of amides is 1. The van der Waals surface area contributed by atoms with Crippen molar-refractivity contribution in [2.75, 3.05) is 0 Å². The summed E-state index contributed by atoms with van der Waals surface area (Å²) in [6.45, 7) is 15.8. The largest absolute Gasteiger partial charge is 0.508 e. The van der Waals surface area contributed by atoms with Crippen molar-refractivity contribution in [2.24, 2.45) is 50.2 Å². The number of hydrogen-bond acceptors (Lipinski definition) is 5. The van der Waals surface area contributed by atoms with Gasteiger partial charge < -0.3 is 20.6 Å². The molecule has 0 spiro atoms. The average molecular weight is 634 g/mol. The van der Waals surface area contributed by atoms with Crippen LogP contribution in [0.4, 0.5) is 0 Å². The number of carbonyl (C=O) groups excluding carboxylic acids is 2. The molecule has 1 aromatic rings. The predicted octanol–water partition coefficient (Wildman–Crippen LogP) is 6.85. The minimum atomic E-state index is -1.09. The van der Waals surface area contributed by atoms with Crippen LogP contribution in [0.15, 0.2) is 35.9 Å². The minimum absolute atomic E-state index is 0.0229. The number of aliphatic carboxylic acids is 1. The number of fused-ring (bicyclic) bond motifs is 7. The highest BCUT2D eigenvalue weighted by Gasteiger charge is 2.70. The van der Waals surface area contributed by atoms with Crippen molar-refractivity contribution in [3.63, 3.8) is 0 Å². The molecule has 0 saturated heterocycles. The zero-order valence-electron chi connectivity index (χ0n) is 28.9. The number of phenols is 1. The molecule has 5 aliphatic rings. The lowest BCUT2D eigenvalue weighted by Gasteiger charge is -2.70. The summed E-state index contributed by atoms with van der Waals surface area (Å²) in [6.07, 6.45) is 9.52. The minimum Gasteiger partial charge on any atom is -0.508 e. The van der Waals surface area contributed by atoms with Crippen LogP contribution in [0.1, 0.15) is 112 Å². The van der Waals surface area contributed by atoms with Crippen LogP contribution in [-0.4, -0.2) is 45.1 Å². The quantitative estimate of drug-likeness (QED) is 0.281. The van der Waals surface area contributed by atoms with E-state index >= 15 is 0 Å². The predicted molar refractivity (Wildman–Crippen MR) is 177 cm³/mol. The Labute approximate surface area is 274 Å². The van der Waals surface area contributed by atoms with E-state index in [-0.39, 0.29) is 74.8 Å². The van der Waals surface area contributed by atoms with E-state index in [0.29, 0.717) is 12.8 Å². The first-order chi connectivity index (χ1) is 21.3. The van der Waals surface area contributed by atoms with E-state index in [1.165, 1.54) is 17.7 Å². The monoisotopic (exact) mass is 633 g/mol. The van der Waals surface area contributed by atoms with Crippen LogP contribution >= 0.6 is 0 Å². The average Bonchev–Trinajstić information content (AvgIpc) is 2.98. The van der Waals surface area contributed by atoms with Crippen molar-refractivity contribution in [2.45, 2.75) is 125 Å². The lowest BCUT2D eigenvalue weighted by atomic mass is 9.33. The van der Waals surface area contributed by atoms with Gasteiger partial charge in [0, 0.05) is 17.8 Å². The smallest absolute Gasteiger partial charge is 0.326 e. The number of phenolic OH excluding ortho intramolecular Hbond substituents is 1. The van der Waals surface area contributed by atoms with Gasteiger partial charge in [-0.2, -0.15) is 0 Å². The van der Waals surface area contributed by atoms with Crippen LogP contribution < -0.4 is 5.32 Å². The van der Waals surface area contributed by atoms with Crippen molar-refractivity contribution >= 4 is 17.7 Å². The molecule has 10 atom stereocenters. The third kappa shape index (κ3) is 4.72. The fraction of sp³-hybridized carbons (Fsp3) is 0.718. The van der Waals surface area contributed by atoms with Gasteiger partial charge in [0.25, 0.3) is 0 Å². The lowest BCUT2D eigenvalue weighted by Crippen LogP contribution is -2.66. The second-order valence-corrected chi connectivity index (χ2v) is 17.9. The SMILES string of the molecule is CC1(C)[C@@H](O)CC[C@]2(C)[C@H]3C(=O)C=C4[C@@H]5C[C@@](C)(C(=O)N[C@@H](Cc6ccc(O)cc6)C(=O)O)CC[C@]5(C)CC[C@@]4(C)[C@]3(C)CC[C@@H]12. The maximum absolute atomic E-state index is 14.6. The Hall–Kier alpha value is -2.67. The first kappa shape index (κ1) is 33.2. The maximum atomic E-state index is 14.6.